The first-order valence-electron chi connectivity index (χ1n) is 8.02. The van der Waals surface area contributed by atoms with Crippen molar-refractivity contribution in [2.45, 2.75) is 24.7 Å². The monoisotopic (exact) mass is 360 g/mol. The minimum atomic E-state index is -1.94. The van der Waals surface area contributed by atoms with Crippen LogP contribution < -0.4 is 0 Å². The van der Waals surface area contributed by atoms with Gasteiger partial charge >= 0.3 is 11.9 Å². The minimum Gasteiger partial charge on any atom is -0.459 e. The molecule has 1 saturated heterocycles. The summed E-state index contributed by atoms with van der Waals surface area (Å²) in [6.07, 6.45) is -6.20. The van der Waals surface area contributed by atoms with Gasteiger partial charge in [0.1, 0.15) is 12.7 Å². The third-order valence-corrected chi connectivity index (χ3v) is 3.91. The normalized spacial score (nSPS) is 24.8. The molecule has 4 atom stereocenters. The van der Waals surface area contributed by atoms with Crippen LogP contribution in [0.4, 0.5) is 4.39 Å². The summed E-state index contributed by atoms with van der Waals surface area (Å²) in [5, 5.41) is 9.58. The molecule has 3 rings (SSSR count). The molecule has 0 bridgehead atoms. The first-order chi connectivity index (χ1) is 12.6. The van der Waals surface area contributed by atoms with Gasteiger partial charge in [-0.25, -0.2) is 14.0 Å². The lowest BCUT2D eigenvalue weighted by molar-refractivity contribution is -0.122. The van der Waals surface area contributed by atoms with Gasteiger partial charge in [-0.3, -0.25) is 0 Å². The lowest BCUT2D eigenvalue weighted by atomic mass is 10.1. The summed E-state index contributed by atoms with van der Waals surface area (Å²) >= 11 is 0. The molecular formula is C19H17FO6. The van der Waals surface area contributed by atoms with E-state index in [2.05, 4.69) is 0 Å². The van der Waals surface area contributed by atoms with Gasteiger partial charge in [0, 0.05) is 0 Å². The molecule has 0 unspecified atom stereocenters. The van der Waals surface area contributed by atoms with E-state index >= 15 is 0 Å². The number of aliphatic hydroxyl groups is 1. The maximum atomic E-state index is 14.2. The molecule has 0 aromatic heterocycles. The second-order valence-corrected chi connectivity index (χ2v) is 5.71. The van der Waals surface area contributed by atoms with Crippen LogP contribution in [-0.4, -0.2) is 48.3 Å². The molecule has 0 radical (unpaired) electrons. The molecule has 6 nitrogen and oxygen atoms in total. The topological polar surface area (TPSA) is 82.1 Å². The summed E-state index contributed by atoms with van der Waals surface area (Å²) in [4.78, 5) is 24.1. The van der Waals surface area contributed by atoms with E-state index in [0.29, 0.717) is 5.56 Å². The summed E-state index contributed by atoms with van der Waals surface area (Å²) in [5.41, 5.74) is 0.557. The first kappa shape index (κ1) is 18.0. The van der Waals surface area contributed by atoms with E-state index in [9.17, 15) is 19.1 Å². The highest BCUT2D eigenvalue weighted by Crippen LogP contribution is 2.26. The molecular weight excluding hydrogens is 343 g/mol. The highest BCUT2D eigenvalue weighted by atomic mass is 19.1. The van der Waals surface area contributed by atoms with Crippen LogP contribution in [0, 0.1) is 0 Å². The largest absolute Gasteiger partial charge is 0.459 e. The Morgan fingerprint density at radius 2 is 1.50 bits per heavy atom. The minimum absolute atomic E-state index is 0.237. The zero-order chi connectivity index (χ0) is 18.5. The van der Waals surface area contributed by atoms with Crippen LogP contribution in [0.3, 0.4) is 0 Å². The van der Waals surface area contributed by atoms with Crippen molar-refractivity contribution in [2.75, 3.05) is 6.61 Å². The molecule has 0 amide bonds. The van der Waals surface area contributed by atoms with Gasteiger partial charge in [-0.05, 0) is 24.3 Å². The molecule has 1 heterocycles. The number of carbonyl (C=O) groups is 2. The van der Waals surface area contributed by atoms with E-state index < -0.39 is 36.6 Å². The summed E-state index contributed by atoms with van der Waals surface area (Å²) in [6.45, 7) is -0.363. The second kappa shape index (κ2) is 8.07. The van der Waals surface area contributed by atoms with E-state index in [1.54, 1.807) is 48.5 Å². The smallest absolute Gasteiger partial charge is 0.338 e. The molecule has 136 valence electrons. The van der Waals surface area contributed by atoms with Crippen LogP contribution in [0.1, 0.15) is 20.7 Å². The first-order valence-corrected chi connectivity index (χ1v) is 8.02. The predicted molar refractivity (Wildman–Crippen MR) is 88.1 cm³/mol. The van der Waals surface area contributed by atoms with Crippen molar-refractivity contribution in [3.05, 3.63) is 71.8 Å². The Morgan fingerprint density at radius 1 is 0.962 bits per heavy atom. The number of rotatable bonds is 5. The van der Waals surface area contributed by atoms with Gasteiger partial charge < -0.3 is 19.3 Å². The van der Waals surface area contributed by atoms with Crippen molar-refractivity contribution in [2.24, 2.45) is 0 Å². The zero-order valence-electron chi connectivity index (χ0n) is 13.7. The maximum absolute atomic E-state index is 14.2. The lowest BCUT2D eigenvalue weighted by Gasteiger charge is -2.19. The number of benzene rings is 2. The van der Waals surface area contributed by atoms with Crippen molar-refractivity contribution in [3.8, 4) is 0 Å². The molecule has 1 fully saturated rings. The van der Waals surface area contributed by atoms with Crippen LogP contribution in [-0.2, 0) is 14.2 Å². The Balaban J connectivity index is 1.63. The molecule has 1 aliphatic rings. The number of hydrogen-bond acceptors (Lipinski definition) is 6. The number of aliphatic hydroxyl groups excluding tert-OH is 1. The number of ether oxygens (including phenoxy) is 3. The third kappa shape index (κ3) is 4.07. The SMILES string of the molecule is O=C(OC[C@H]1O[C@@H](O)[C@H](F)[C@@H]1OC(=O)c1ccccc1)c1ccccc1. The van der Waals surface area contributed by atoms with Gasteiger partial charge in [0.2, 0.25) is 0 Å². The zero-order valence-corrected chi connectivity index (χ0v) is 13.7. The quantitative estimate of drug-likeness (QED) is 0.823. The highest BCUT2D eigenvalue weighted by Gasteiger charge is 2.47. The fourth-order valence-electron chi connectivity index (χ4n) is 2.56. The highest BCUT2D eigenvalue weighted by molar-refractivity contribution is 5.90. The van der Waals surface area contributed by atoms with Crippen LogP contribution in [0.5, 0.6) is 0 Å². The van der Waals surface area contributed by atoms with Gasteiger partial charge in [-0.1, -0.05) is 36.4 Å². The average Bonchev–Trinajstić information content (AvgIpc) is 2.95. The van der Waals surface area contributed by atoms with E-state index in [4.69, 9.17) is 14.2 Å². The lowest BCUT2D eigenvalue weighted by Crippen LogP contribution is -2.37. The van der Waals surface area contributed by atoms with Crippen LogP contribution in [0.25, 0.3) is 0 Å². The molecule has 0 aliphatic carbocycles. The maximum Gasteiger partial charge on any atom is 0.338 e. The van der Waals surface area contributed by atoms with Crippen molar-refractivity contribution in [1.29, 1.82) is 0 Å². The molecule has 0 spiro atoms. The van der Waals surface area contributed by atoms with E-state index in [1.807, 2.05) is 0 Å². The number of hydrogen-bond donors (Lipinski definition) is 1. The van der Waals surface area contributed by atoms with Crippen LogP contribution in [0.15, 0.2) is 60.7 Å². The summed E-state index contributed by atoms with van der Waals surface area (Å²) < 4.78 is 29.4. The Labute approximate surface area is 149 Å². The number of alkyl halides is 1. The standard InChI is InChI=1S/C19H17FO6/c20-15-16(26-18(22)13-9-5-2-6-10-13)14(25-19(15)23)11-24-17(21)12-7-3-1-4-8-12/h1-10,14-16,19,23H,11H2/t14-,15-,16-,19-/m1/s1. The number of esters is 2. The van der Waals surface area contributed by atoms with Crippen LogP contribution in [0.2, 0.25) is 0 Å². The Morgan fingerprint density at radius 3 is 2.08 bits per heavy atom. The van der Waals surface area contributed by atoms with Gasteiger partial charge in [-0.2, -0.15) is 0 Å². The van der Waals surface area contributed by atoms with Gasteiger partial charge in [-0.15, -0.1) is 0 Å². The Bertz CT molecular complexity index is 751. The van der Waals surface area contributed by atoms with Crippen molar-refractivity contribution < 1.29 is 33.3 Å². The predicted octanol–water partition coefficient (Wildman–Crippen LogP) is 2.12. The molecule has 0 saturated carbocycles. The molecule has 1 aliphatic heterocycles. The number of halogens is 1. The van der Waals surface area contributed by atoms with Crippen molar-refractivity contribution in [3.63, 3.8) is 0 Å². The Kier molecular flexibility index (Phi) is 5.60. The van der Waals surface area contributed by atoms with Gasteiger partial charge in [0.05, 0.1) is 11.1 Å². The van der Waals surface area contributed by atoms with Crippen LogP contribution >= 0.6 is 0 Å². The molecule has 1 N–H and O–H groups in total. The van der Waals surface area contributed by atoms with Crippen molar-refractivity contribution in [1.82, 2.24) is 0 Å². The molecule has 2 aromatic rings. The fourth-order valence-corrected chi connectivity index (χ4v) is 2.56. The average molecular weight is 360 g/mol. The fraction of sp³-hybridized carbons (Fsp3) is 0.263. The summed E-state index contributed by atoms with van der Waals surface area (Å²) in [5.74, 6) is -1.38. The van der Waals surface area contributed by atoms with Crippen molar-refractivity contribution >= 4 is 11.9 Å². The van der Waals surface area contributed by atoms with E-state index in [0.717, 1.165) is 0 Å². The number of carbonyl (C=O) groups excluding carboxylic acids is 2. The molecule has 2 aromatic carbocycles. The summed E-state index contributed by atoms with van der Waals surface area (Å²) in [6, 6.07) is 16.3. The molecule has 7 heteroatoms. The molecule has 26 heavy (non-hydrogen) atoms. The second-order valence-electron chi connectivity index (χ2n) is 5.71. The third-order valence-electron chi connectivity index (χ3n) is 3.91. The van der Waals surface area contributed by atoms with E-state index in [-0.39, 0.29) is 12.2 Å². The van der Waals surface area contributed by atoms with Gasteiger partial charge in [0.25, 0.3) is 0 Å². The summed E-state index contributed by atoms with van der Waals surface area (Å²) in [7, 11) is 0. The Hall–Kier alpha value is -2.77. The van der Waals surface area contributed by atoms with Gasteiger partial charge in [0.15, 0.2) is 18.6 Å². The van der Waals surface area contributed by atoms with E-state index in [1.165, 1.54) is 12.1 Å².